The molecular weight excluding hydrogens is 426 g/mol. The second kappa shape index (κ2) is 9.54. The Bertz CT molecular complexity index is 886. The molecule has 0 bridgehead atoms. The molecule has 4 aliphatic rings. The Balaban J connectivity index is 1.42. The first-order valence-electron chi connectivity index (χ1n) is 13.7. The maximum atomic E-state index is 14.0. The third kappa shape index (κ3) is 3.93. The van der Waals surface area contributed by atoms with Gasteiger partial charge in [-0.05, 0) is 55.7 Å². The smallest absolute Gasteiger partial charge is 0.336 e. The van der Waals surface area contributed by atoms with Gasteiger partial charge in [0.1, 0.15) is 5.75 Å². The predicted octanol–water partition coefficient (Wildman–Crippen LogP) is 6.04. The third-order valence-corrected chi connectivity index (χ3v) is 9.61. The zero-order valence-corrected chi connectivity index (χ0v) is 21.0. The van der Waals surface area contributed by atoms with Gasteiger partial charge in [0.15, 0.2) is 11.1 Å². The largest absolute Gasteiger partial charge is 0.497 e. The van der Waals surface area contributed by atoms with Crippen molar-refractivity contribution in [3.05, 3.63) is 29.8 Å². The van der Waals surface area contributed by atoms with E-state index < -0.39 is 11.1 Å². The highest BCUT2D eigenvalue weighted by atomic mass is 16.6. The lowest BCUT2D eigenvalue weighted by Crippen LogP contribution is -2.74. The van der Waals surface area contributed by atoms with Crippen LogP contribution in [0.15, 0.2) is 24.3 Å². The van der Waals surface area contributed by atoms with Crippen molar-refractivity contribution in [2.45, 2.75) is 108 Å². The maximum absolute atomic E-state index is 14.0. The number of hydrogen-bond acceptors (Lipinski definition) is 4. The van der Waals surface area contributed by atoms with Crippen LogP contribution in [0, 0.1) is 17.8 Å². The molecule has 0 radical (unpaired) electrons. The molecule has 2 saturated heterocycles. The molecule has 186 valence electrons. The lowest BCUT2D eigenvalue weighted by Gasteiger charge is -2.55. The van der Waals surface area contributed by atoms with Crippen LogP contribution in [0.5, 0.6) is 5.75 Å². The molecule has 1 amide bonds. The lowest BCUT2D eigenvalue weighted by molar-refractivity contribution is -0.238. The maximum Gasteiger partial charge on any atom is 0.336 e. The van der Waals surface area contributed by atoms with Crippen LogP contribution in [-0.4, -0.2) is 35.0 Å². The Kier molecular flexibility index (Phi) is 6.65. The summed E-state index contributed by atoms with van der Waals surface area (Å²) >= 11 is 0. The minimum atomic E-state index is -0.863. The van der Waals surface area contributed by atoms with Gasteiger partial charge in [0.2, 0.25) is 5.91 Å². The molecule has 2 aliphatic heterocycles. The Morgan fingerprint density at radius 2 is 1.56 bits per heavy atom. The fourth-order valence-corrected chi connectivity index (χ4v) is 7.41. The van der Waals surface area contributed by atoms with Crippen LogP contribution in [0.4, 0.5) is 0 Å². The van der Waals surface area contributed by atoms with Crippen molar-refractivity contribution < 1.29 is 19.1 Å². The summed E-state index contributed by atoms with van der Waals surface area (Å²) in [6, 6.07) is 7.84. The molecule has 5 heteroatoms. The molecule has 34 heavy (non-hydrogen) atoms. The molecule has 1 aromatic carbocycles. The Morgan fingerprint density at radius 1 is 0.941 bits per heavy atom. The summed E-state index contributed by atoms with van der Waals surface area (Å²) in [5, 5.41) is 0. The number of amides is 1. The summed E-state index contributed by atoms with van der Waals surface area (Å²) in [6.07, 6.45) is 15.5. The van der Waals surface area contributed by atoms with E-state index >= 15 is 0 Å². The van der Waals surface area contributed by atoms with Gasteiger partial charge < -0.3 is 14.4 Å². The first-order chi connectivity index (χ1) is 16.5. The first kappa shape index (κ1) is 23.7. The van der Waals surface area contributed by atoms with Crippen molar-refractivity contribution >= 4 is 11.9 Å². The van der Waals surface area contributed by atoms with Crippen LogP contribution in [-0.2, 0) is 20.9 Å². The standard InChI is InChI=1S/C29H41NO4/c1-28-27(32)34-29(28,18-17-21-9-5-3-6-10-21)25(19-22-11-7-4-8-12-22)26(31)30(28)20-23-13-15-24(33-2)16-14-23/h13-16,21-22,25H,3-12,17-20H2,1-2H3/t25-,28?,29-/m0/s1. The van der Waals surface area contributed by atoms with Gasteiger partial charge >= 0.3 is 5.97 Å². The number of benzene rings is 1. The van der Waals surface area contributed by atoms with Gasteiger partial charge in [-0.3, -0.25) is 4.79 Å². The van der Waals surface area contributed by atoms with Crippen molar-refractivity contribution in [3.8, 4) is 5.75 Å². The summed E-state index contributed by atoms with van der Waals surface area (Å²) in [5.74, 6) is 1.76. The number of ether oxygens (including phenoxy) is 2. The minimum absolute atomic E-state index is 0.124. The molecule has 1 unspecified atom stereocenters. The van der Waals surface area contributed by atoms with Crippen LogP contribution >= 0.6 is 0 Å². The summed E-state index contributed by atoms with van der Waals surface area (Å²) in [6.45, 7) is 2.43. The number of esters is 1. The molecule has 3 atom stereocenters. The third-order valence-electron chi connectivity index (χ3n) is 9.61. The molecule has 4 fully saturated rings. The topological polar surface area (TPSA) is 55.8 Å². The average Bonchev–Trinajstić information content (AvgIpc) is 3.01. The molecule has 2 saturated carbocycles. The van der Waals surface area contributed by atoms with Gasteiger partial charge in [-0.2, -0.15) is 0 Å². The van der Waals surface area contributed by atoms with Crippen molar-refractivity contribution in [2.75, 3.05) is 7.11 Å². The second-order valence-corrected chi connectivity index (χ2v) is 11.5. The zero-order chi connectivity index (χ0) is 23.8. The van der Waals surface area contributed by atoms with Gasteiger partial charge in [-0.1, -0.05) is 76.3 Å². The molecule has 0 aromatic heterocycles. The Labute approximate surface area is 204 Å². The molecular formula is C29H41NO4. The fraction of sp³-hybridized carbons (Fsp3) is 0.724. The van der Waals surface area contributed by atoms with Gasteiger partial charge in [0, 0.05) is 6.54 Å². The highest BCUT2D eigenvalue weighted by Crippen LogP contribution is 2.59. The van der Waals surface area contributed by atoms with Crippen LogP contribution < -0.4 is 4.74 Å². The van der Waals surface area contributed by atoms with Gasteiger partial charge in [0.25, 0.3) is 0 Å². The normalized spacial score (nSPS) is 32.3. The lowest BCUT2D eigenvalue weighted by atomic mass is 9.64. The van der Waals surface area contributed by atoms with Crippen molar-refractivity contribution in [1.29, 1.82) is 0 Å². The van der Waals surface area contributed by atoms with Crippen molar-refractivity contribution in [3.63, 3.8) is 0 Å². The number of carbonyl (C=O) groups is 2. The molecule has 2 aliphatic carbocycles. The molecule has 1 aromatic rings. The number of likely N-dealkylation sites (tertiary alicyclic amines) is 1. The first-order valence-corrected chi connectivity index (χ1v) is 13.7. The van der Waals surface area contributed by atoms with E-state index in [1.54, 1.807) is 7.11 Å². The molecule has 2 heterocycles. The summed E-state index contributed by atoms with van der Waals surface area (Å²) in [5.41, 5.74) is -0.504. The van der Waals surface area contributed by atoms with Gasteiger partial charge in [-0.25, -0.2) is 4.79 Å². The number of methoxy groups -OCH3 is 1. The summed E-state index contributed by atoms with van der Waals surface area (Å²) in [4.78, 5) is 29.1. The van der Waals surface area contributed by atoms with E-state index in [-0.39, 0.29) is 17.8 Å². The van der Waals surface area contributed by atoms with Gasteiger partial charge in [0.05, 0.1) is 13.0 Å². The summed E-state index contributed by atoms with van der Waals surface area (Å²) in [7, 11) is 1.65. The van der Waals surface area contributed by atoms with Crippen molar-refractivity contribution in [2.24, 2.45) is 17.8 Å². The zero-order valence-electron chi connectivity index (χ0n) is 21.0. The number of carbonyl (C=O) groups excluding carboxylic acids is 2. The van der Waals surface area contributed by atoms with E-state index in [0.29, 0.717) is 18.4 Å². The van der Waals surface area contributed by atoms with Gasteiger partial charge in [-0.15, -0.1) is 0 Å². The van der Waals surface area contributed by atoms with Crippen LogP contribution in [0.1, 0.15) is 96.0 Å². The SMILES string of the molecule is COc1ccc(CN2C(=O)[C@H](CC3CCCCC3)[C@]3(CCC4CCCCC4)OC(=O)C23C)cc1. The highest BCUT2D eigenvalue weighted by molar-refractivity contribution is 6.01. The summed E-state index contributed by atoms with van der Waals surface area (Å²) < 4.78 is 11.5. The fourth-order valence-electron chi connectivity index (χ4n) is 7.41. The van der Waals surface area contributed by atoms with Crippen LogP contribution in [0.25, 0.3) is 0 Å². The van der Waals surface area contributed by atoms with E-state index in [2.05, 4.69) is 0 Å². The Morgan fingerprint density at radius 3 is 2.15 bits per heavy atom. The second-order valence-electron chi connectivity index (χ2n) is 11.5. The number of hydrogen-bond donors (Lipinski definition) is 0. The van der Waals surface area contributed by atoms with E-state index in [0.717, 1.165) is 30.6 Å². The minimum Gasteiger partial charge on any atom is -0.497 e. The van der Waals surface area contributed by atoms with E-state index in [1.807, 2.05) is 36.1 Å². The number of fused-ring (bicyclic) bond motifs is 1. The van der Waals surface area contributed by atoms with E-state index in [9.17, 15) is 9.59 Å². The van der Waals surface area contributed by atoms with Crippen LogP contribution in [0.2, 0.25) is 0 Å². The predicted molar refractivity (Wildman–Crippen MR) is 131 cm³/mol. The number of rotatable bonds is 8. The van der Waals surface area contributed by atoms with E-state index in [1.165, 1.54) is 64.2 Å². The monoisotopic (exact) mass is 467 g/mol. The quantitative estimate of drug-likeness (QED) is 0.438. The average molecular weight is 468 g/mol. The van der Waals surface area contributed by atoms with Crippen molar-refractivity contribution in [1.82, 2.24) is 4.90 Å². The Hall–Kier alpha value is -2.04. The molecule has 0 spiro atoms. The van der Waals surface area contributed by atoms with E-state index in [4.69, 9.17) is 9.47 Å². The molecule has 5 nitrogen and oxygen atoms in total. The highest BCUT2D eigenvalue weighted by Gasteiger charge is 2.78. The molecule has 5 rings (SSSR count). The van der Waals surface area contributed by atoms with Crippen LogP contribution in [0.3, 0.4) is 0 Å². The number of nitrogens with zero attached hydrogens (tertiary/aromatic N) is 1. The molecule has 0 N–H and O–H groups in total.